The van der Waals surface area contributed by atoms with Crippen molar-refractivity contribution in [3.63, 3.8) is 0 Å². The zero-order valence-electron chi connectivity index (χ0n) is 8.87. The summed E-state index contributed by atoms with van der Waals surface area (Å²) < 4.78 is 0. The Morgan fingerprint density at radius 2 is 1.76 bits per heavy atom. The lowest BCUT2D eigenvalue weighted by Crippen LogP contribution is -2.23. The number of thiol groups is 1. The minimum Gasteiger partial charge on any atom is -0.398 e. The lowest BCUT2D eigenvalue weighted by molar-refractivity contribution is -0.111. The Kier molecular flexibility index (Phi) is 2.67. The van der Waals surface area contributed by atoms with Crippen LogP contribution in [0.1, 0.15) is 21.5 Å². The highest BCUT2D eigenvalue weighted by Gasteiger charge is 2.34. The number of benzene rings is 1. The van der Waals surface area contributed by atoms with Crippen LogP contribution in [0, 0.1) is 6.92 Å². The summed E-state index contributed by atoms with van der Waals surface area (Å²) in [6.45, 7) is 1.71. The standard InChI is InChI=1S/C11H9ClN2O2S/c1-3-2-4(13)5-6(8(3)14)9(15)10(16)7(12)11(5)17/h2,17H,13-14H2,1H3. The molecule has 1 aromatic carbocycles. The molecule has 4 N–H and O–H groups in total. The van der Waals surface area contributed by atoms with Crippen molar-refractivity contribution >= 4 is 52.1 Å². The second kappa shape index (κ2) is 3.78. The van der Waals surface area contributed by atoms with Crippen LogP contribution in [0.25, 0.3) is 4.91 Å². The molecule has 1 aromatic rings. The summed E-state index contributed by atoms with van der Waals surface area (Å²) in [5.41, 5.74) is 13.3. The molecule has 0 spiro atoms. The third kappa shape index (κ3) is 1.54. The maximum absolute atomic E-state index is 11.9. The number of anilines is 2. The number of hydrogen-bond acceptors (Lipinski definition) is 5. The number of rotatable bonds is 0. The molecule has 1 aliphatic carbocycles. The first kappa shape index (κ1) is 12.0. The molecule has 0 bridgehead atoms. The van der Waals surface area contributed by atoms with Gasteiger partial charge in [0.05, 0.1) is 5.56 Å². The van der Waals surface area contributed by atoms with Gasteiger partial charge in [-0.25, -0.2) is 0 Å². The number of aryl methyl sites for hydroxylation is 1. The van der Waals surface area contributed by atoms with Gasteiger partial charge in [0.1, 0.15) is 5.03 Å². The third-order valence-corrected chi connectivity index (χ3v) is 3.62. The number of nitrogens with two attached hydrogens (primary N) is 2. The summed E-state index contributed by atoms with van der Waals surface area (Å²) in [7, 11) is 0. The molecule has 88 valence electrons. The highest BCUT2D eigenvalue weighted by atomic mass is 35.5. The summed E-state index contributed by atoms with van der Waals surface area (Å²) in [5, 5.41) is -0.221. The SMILES string of the molecule is Cc1cc(N)c2c(c1N)C(=O)C(=O)C(Cl)=C2S. The molecule has 0 saturated heterocycles. The Bertz CT molecular complexity index is 608. The number of ketones is 2. The average Bonchev–Trinajstić information content (AvgIpc) is 2.28. The molecule has 1 aliphatic rings. The molecule has 0 unspecified atom stereocenters. The molecular weight excluding hydrogens is 260 g/mol. The maximum Gasteiger partial charge on any atom is 0.246 e. The van der Waals surface area contributed by atoms with E-state index in [1.807, 2.05) is 0 Å². The van der Waals surface area contributed by atoms with Gasteiger partial charge in [-0.1, -0.05) is 11.6 Å². The minimum absolute atomic E-state index is 0.0990. The molecule has 17 heavy (non-hydrogen) atoms. The largest absolute Gasteiger partial charge is 0.398 e. The number of carbonyl (C=O) groups excluding carboxylic acids is 2. The van der Waals surface area contributed by atoms with E-state index in [2.05, 4.69) is 12.6 Å². The van der Waals surface area contributed by atoms with E-state index in [4.69, 9.17) is 23.1 Å². The molecule has 4 nitrogen and oxygen atoms in total. The summed E-state index contributed by atoms with van der Waals surface area (Å²) >= 11 is 9.87. The highest BCUT2D eigenvalue weighted by molar-refractivity contribution is 7.90. The fourth-order valence-corrected chi connectivity index (χ4v) is 2.30. The van der Waals surface area contributed by atoms with Crippen LogP contribution in [0.3, 0.4) is 0 Å². The molecular formula is C11H9ClN2O2S. The van der Waals surface area contributed by atoms with Crippen LogP contribution in [0.15, 0.2) is 11.1 Å². The van der Waals surface area contributed by atoms with Gasteiger partial charge in [0.15, 0.2) is 0 Å². The monoisotopic (exact) mass is 268 g/mol. The zero-order valence-corrected chi connectivity index (χ0v) is 10.5. The van der Waals surface area contributed by atoms with Gasteiger partial charge in [-0.3, -0.25) is 9.59 Å². The molecule has 0 amide bonds. The number of nitrogen functional groups attached to an aromatic ring is 2. The Morgan fingerprint density at radius 3 is 2.35 bits per heavy atom. The molecule has 0 saturated carbocycles. The quantitative estimate of drug-likeness (QED) is 0.380. The van der Waals surface area contributed by atoms with Crippen molar-refractivity contribution in [2.24, 2.45) is 0 Å². The van der Waals surface area contributed by atoms with Crippen LogP contribution in [0.2, 0.25) is 0 Å². The van der Waals surface area contributed by atoms with E-state index in [9.17, 15) is 9.59 Å². The summed E-state index contributed by atoms with van der Waals surface area (Å²) in [6.07, 6.45) is 0. The van der Waals surface area contributed by atoms with Gasteiger partial charge >= 0.3 is 0 Å². The van der Waals surface area contributed by atoms with Crippen molar-refractivity contribution in [2.75, 3.05) is 11.5 Å². The summed E-state index contributed by atoms with van der Waals surface area (Å²) in [6, 6.07) is 1.62. The van der Waals surface area contributed by atoms with Crippen LogP contribution in [0.5, 0.6) is 0 Å². The smallest absolute Gasteiger partial charge is 0.246 e. The van der Waals surface area contributed by atoms with E-state index in [1.165, 1.54) is 0 Å². The Balaban J connectivity index is 2.95. The second-order valence-electron chi connectivity index (χ2n) is 3.77. The Hall–Kier alpha value is -1.46. The fourth-order valence-electron chi connectivity index (χ4n) is 1.78. The van der Waals surface area contributed by atoms with E-state index >= 15 is 0 Å². The van der Waals surface area contributed by atoms with E-state index < -0.39 is 11.6 Å². The first-order valence-electron chi connectivity index (χ1n) is 4.73. The molecule has 0 fully saturated rings. The number of allylic oxidation sites excluding steroid dienone is 1. The molecule has 0 atom stereocenters. The summed E-state index contributed by atoms with van der Waals surface area (Å²) in [4.78, 5) is 23.6. The van der Waals surface area contributed by atoms with Crippen molar-refractivity contribution in [3.8, 4) is 0 Å². The fraction of sp³-hybridized carbons (Fsp3) is 0.0909. The van der Waals surface area contributed by atoms with Gasteiger partial charge in [0.2, 0.25) is 11.6 Å². The molecule has 6 heteroatoms. The lowest BCUT2D eigenvalue weighted by Gasteiger charge is -2.20. The van der Waals surface area contributed by atoms with Gasteiger partial charge in [-0.2, -0.15) is 0 Å². The minimum atomic E-state index is -0.805. The van der Waals surface area contributed by atoms with Crippen molar-refractivity contribution in [3.05, 3.63) is 27.8 Å². The second-order valence-corrected chi connectivity index (χ2v) is 4.59. The van der Waals surface area contributed by atoms with Gasteiger partial charge in [-0.05, 0) is 18.6 Å². The van der Waals surface area contributed by atoms with Crippen LogP contribution < -0.4 is 11.5 Å². The van der Waals surface area contributed by atoms with Crippen molar-refractivity contribution < 1.29 is 9.59 Å². The normalized spacial score (nSPS) is 15.2. The Labute approximate surface area is 108 Å². The molecule has 0 heterocycles. The van der Waals surface area contributed by atoms with Gasteiger partial charge in [0, 0.05) is 21.8 Å². The van der Waals surface area contributed by atoms with E-state index in [0.29, 0.717) is 16.8 Å². The number of hydrogen-bond donors (Lipinski definition) is 3. The number of carbonyl (C=O) groups is 2. The number of Topliss-reactive ketones (excluding diaryl/α,β-unsaturated/α-hetero) is 2. The first-order chi connectivity index (χ1) is 7.86. The Morgan fingerprint density at radius 1 is 1.18 bits per heavy atom. The summed E-state index contributed by atoms with van der Waals surface area (Å²) in [5.74, 6) is -1.54. The lowest BCUT2D eigenvalue weighted by atomic mass is 9.90. The van der Waals surface area contributed by atoms with E-state index in [0.717, 1.165) is 0 Å². The van der Waals surface area contributed by atoms with E-state index in [-0.39, 0.29) is 21.2 Å². The predicted octanol–water partition coefficient (Wildman–Crippen LogP) is 1.76. The number of fused-ring (bicyclic) bond motifs is 1. The average molecular weight is 269 g/mol. The highest BCUT2D eigenvalue weighted by Crippen LogP contribution is 2.40. The van der Waals surface area contributed by atoms with Crippen molar-refractivity contribution in [1.29, 1.82) is 0 Å². The van der Waals surface area contributed by atoms with Gasteiger partial charge in [-0.15, -0.1) is 12.6 Å². The topological polar surface area (TPSA) is 86.2 Å². The van der Waals surface area contributed by atoms with Gasteiger partial charge < -0.3 is 11.5 Å². The van der Waals surface area contributed by atoms with Crippen LogP contribution in [-0.4, -0.2) is 11.6 Å². The molecule has 0 radical (unpaired) electrons. The zero-order chi connectivity index (χ0) is 12.9. The van der Waals surface area contributed by atoms with E-state index in [1.54, 1.807) is 13.0 Å². The number of halogens is 1. The van der Waals surface area contributed by atoms with Crippen molar-refractivity contribution in [1.82, 2.24) is 0 Å². The van der Waals surface area contributed by atoms with Crippen molar-refractivity contribution in [2.45, 2.75) is 6.92 Å². The molecule has 0 aliphatic heterocycles. The molecule has 0 aromatic heterocycles. The van der Waals surface area contributed by atoms with Crippen LogP contribution in [0.4, 0.5) is 11.4 Å². The molecule has 2 rings (SSSR count). The van der Waals surface area contributed by atoms with Crippen LogP contribution >= 0.6 is 24.2 Å². The van der Waals surface area contributed by atoms with Gasteiger partial charge in [0.25, 0.3) is 0 Å². The third-order valence-electron chi connectivity index (χ3n) is 2.68. The first-order valence-corrected chi connectivity index (χ1v) is 5.55. The predicted molar refractivity (Wildman–Crippen MR) is 71.1 cm³/mol. The maximum atomic E-state index is 11.9. The van der Waals surface area contributed by atoms with Crippen LogP contribution in [-0.2, 0) is 4.79 Å².